The third-order valence-electron chi connectivity index (χ3n) is 8.76. The number of amidine groups is 1. The van der Waals surface area contributed by atoms with E-state index in [1.54, 1.807) is 36.6 Å². The van der Waals surface area contributed by atoms with Crippen molar-refractivity contribution in [2.24, 2.45) is 0 Å². The van der Waals surface area contributed by atoms with Crippen molar-refractivity contribution in [2.75, 3.05) is 13.1 Å². The summed E-state index contributed by atoms with van der Waals surface area (Å²) in [4.78, 5) is 58.4. The topological polar surface area (TPSA) is 141 Å². The van der Waals surface area contributed by atoms with Gasteiger partial charge in [-0.1, -0.05) is 60.7 Å². The van der Waals surface area contributed by atoms with Gasteiger partial charge >= 0.3 is 5.97 Å². The van der Waals surface area contributed by atoms with Gasteiger partial charge in [0.2, 0.25) is 11.8 Å². The number of thiophene rings is 1. The third-order valence-corrected chi connectivity index (χ3v) is 9.88. The molecule has 1 aromatic heterocycles. The van der Waals surface area contributed by atoms with E-state index in [1.165, 1.54) is 47.4 Å². The van der Waals surface area contributed by atoms with Crippen molar-refractivity contribution in [3.05, 3.63) is 117 Å². The largest absolute Gasteiger partial charge is 0.347 e. The quantitative estimate of drug-likeness (QED) is 0.113. The van der Waals surface area contributed by atoms with Crippen LogP contribution in [0.5, 0.6) is 0 Å². The van der Waals surface area contributed by atoms with Gasteiger partial charge in [0.1, 0.15) is 6.04 Å². The summed E-state index contributed by atoms with van der Waals surface area (Å²) < 4.78 is 30.0. The Morgan fingerprint density at radius 1 is 0.980 bits per heavy atom. The molecule has 1 aliphatic heterocycles. The second kappa shape index (κ2) is 13.6. The number of carbonyl (C=O) groups is 4. The lowest BCUT2D eigenvalue weighted by atomic mass is 9.96. The fourth-order valence-electron chi connectivity index (χ4n) is 6.28. The first-order valence-corrected chi connectivity index (χ1v) is 16.5. The molecular formula is C36H33F2N5O5S. The molecule has 3 aromatic carbocycles. The van der Waals surface area contributed by atoms with Crippen LogP contribution in [-0.2, 0) is 25.1 Å². The summed E-state index contributed by atoms with van der Waals surface area (Å²) in [6, 6.07) is 20.1. The molecule has 1 unspecified atom stereocenters. The number of amides is 3. The van der Waals surface area contributed by atoms with Crippen LogP contribution in [0.1, 0.15) is 69.7 Å². The van der Waals surface area contributed by atoms with Gasteiger partial charge in [0.25, 0.3) is 11.8 Å². The monoisotopic (exact) mass is 685 g/mol. The molecule has 1 aliphatic carbocycles. The number of likely N-dealkylation sites (tertiary alicyclic amines) is 1. The van der Waals surface area contributed by atoms with Gasteiger partial charge in [0.05, 0.1) is 12.6 Å². The lowest BCUT2D eigenvalue weighted by Gasteiger charge is -2.25. The number of benzene rings is 3. The molecule has 6 rings (SSSR count). The number of nitrogens with one attached hydrogen (secondary N) is 4. The number of halogens is 2. The minimum atomic E-state index is -3.17. The van der Waals surface area contributed by atoms with E-state index < -0.39 is 42.3 Å². The molecule has 10 nitrogen and oxygen atoms in total. The van der Waals surface area contributed by atoms with Crippen LogP contribution in [0.2, 0.25) is 0 Å². The Hall–Kier alpha value is -5.43. The number of fused-ring (bicyclic) bond motifs is 3. The van der Waals surface area contributed by atoms with Gasteiger partial charge in [0, 0.05) is 51.9 Å². The van der Waals surface area contributed by atoms with Crippen molar-refractivity contribution in [2.45, 2.75) is 44.2 Å². The van der Waals surface area contributed by atoms with Crippen LogP contribution in [0.25, 0.3) is 11.1 Å². The van der Waals surface area contributed by atoms with Crippen molar-refractivity contribution in [3.8, 4) is 11.1 Å². The molecule has 0 radical (unpaired) electrons. The number of hydrogen-bond acceptors (Lipinski definition) is 7. The molecule has 1 fully saturated rings. The van der Waals surface area contributed by atoms with Gasteiger partial charge in [-0.15, -0.1) is 11.3 Å². The first-order chi connectivity index (χ1) is 23.4. The van der Waals surface area contributed by atoms with E-state index in [0.29, 0.717) is 17.5 Å². The fourth-order valence-corrected chi connectivity index (χ4v) is 7.19. The normalized spacial score (nSPS) is 17.8. The third kappa shape index (κ3) is 6.79. The maximum atomic E-state index is 15.0. The predicted octanol–water partition coefficient (Wildman–Crippen LogP) is 5.25. The first kappa shape index (κ1) is 33.5. The van der Waals surface area contributed by atoms with Gasteiger partial charge in [-0.3, -0.25) is 24.6 Å². The molecule has 3 atom stereocenters. The Kier molecular flexibility index (Phi) is 9.28. The molecule has 3 amide bonds. The molecule has 252 valence electrons. The smallest absolute Gasteiger partial charge is 0.329 e. The Balaban J connectivity index is 1.14. The number of hydroxylamine groups is 1. The summed E-state index contributed by atoms with van der Waals surface area (Å²) in [7, 11) is 0. The highest BCUT2D eigenvalue weighted by atomic mass is 32.1. The van der Waals surface area contributed by atoms with Crippen LogP contribution in [-0.4, -0.2) is 53.6 Å². The van der Waals surface area contributed by atoms with Crippen molar-refractivity contribution < 1.29 is 32.8 Å². The van der Waals surface area contributed by atoms with Crippen LogP contribution in [0.4, 0.5) is 8.78 Å². The minimum absolute atomic E-state index is 0.112. The van der Waals surface area contributed by atoms with Gasteiger partial charge in [-0.25, -0.2) is 5.48 Å². The molecule has 2 aliphatic rings. The molecule has 0 saturated carbocycles. The number of carbonyl (C=O) groups excluding carboxylic acids is 4. The average Bonchev–Trinajstić information content (AvgIpc) is 3.83. The lowest BCUT2D eigenvalue weighted by molar-refractivity contribution is -0.145. The zero-order valence-electron chi connectivity index (χ0n) is 26.6. The van der Waals surface area contributed by atoms with Crippen LogP contribution >= 0.6 is 11.3 Å². The highest BCUT2D eigenvalue weighted by Crippen LogP contribution is 2.51. The predicted molar refractivity (Wildman–Crippen MR) is 179 cm³/mol. The standard InChI is InChI=1S/C36H33F2N5O5S/c1-20(31-16-25(19-49-31)33(39)42-48-21(2)44)41-35(47)30-15-24(22-8-4-3-5-9-22)18-43(30)32(45)17-40-34(46)23-12-13-29-27(14-23)26-10-6-7-11-28(26)36(29,37)38/h3-14,16,19-20,24,30H,15,17-18H2,1-2H3,(H2,39,42)(H,40,46)(H,41,47)/t20?,24-,30+/m1/s1. The van der Waals surface area contributed by atoms with E-state index in [9.17, 15) is 28.0 Å². The first-order valence-electron chi connectivity index (χ1n) is 15.6. The Morgan fingerprint density at radius 3 is 2.45 bits per heavy atom. The summed E-state index contributed by atoms with van der Waals surface area (Å²) in [5.41, 5.74) is 4.19. The zero-order chi connectivity index (χ0) is 34.9. The molecular weight excluding hydrogens is 652 g/mol. The van der Waals surface area contributed by atoms with E-state index in [4.69, 9.17) is 5.41 Å². The Labute approximate surface area is 284 Å². The summed E-state index contributed by atoms with van der Waals surface area (Å²) in [6.07, 6.45) is 0.368. The van der Waals surface area contributed by atoms with E-state index in [1.807, 2.05) is 30.3 Å². The number of alkyl halides is 2. The lowest BCUT2D eigenvalue weighted by Crippen LogP contribution is -2.49. The number of hydrogen-bond donors (Lipinski definition) is 4. The molecule has 2 heterocycles. The Bertz CT molecular complexity index is 1950. The van der Waals surface area contributed by atoms with Crippen molar-refractivity contribution in [1.29, 1.82) is 5.41 Å². The molecule has 0 bridgehead atoms. The van der Waals surface area contributed by atoms with Crippen molar-refractivity contribution in [1.82, 2.24) is 21.0 Å². The van der Waals surface area contributed by atoms with Crippen LogP contribution in [0, 0.1) is 5.41 Å². The van der Waals surface area contributed by atoms with Crippen molar-refractivity contribution >= 4 is 40.9 Å². The second-order valence-corrected chi connectivity index (χ2v) is 12.9. The van der Waals surface area contributed by atoms with E-state index in [-0.39, 0.29) is 46.5 Å². The summed E-state index contributed by atoms with van der Waals surface area (Å²) in [5.74, 6) is -5.42. The minimum Gasteiger partial charge on any atom is -0.347 e. The van der Waals surface area contributed by atoms with Gasteiger partial charge in [-0.05, 0) is 48.2 Å². The molecule has 4 aromatic rings. The fraction of sp³-hybridized carbons (Fsp3) is 0.250. The van der Waals surface area contributed by atoms with Gasteiger partial charge in [-0.2, -0.15) is 8.78 Å². The van der Waals surface area contributed by atoms with Crippen molar-refractivity contribution in [3.63, 3.8) is 0 Å². The molecule has 0 spiro atoms. The zero-order valence-corrected chi connectivity index (χ0v) is 27.4. The molecule has 49 heavy (non-hydrogen) atoms. The maximum absolute atomic E-state index is 15.0. The van der Waals surface area contributed by atoms with Gasteiger partial charge in [0.15, 0.2) is 5.84 Å². The van der Waals surface area contributed by atoms with E-state index in [2.05, 4.69) is 21.0 Å². The number of nitrogens with zero attached hydrogens (tertiary/aromatic N) is 1. The van der Waals surface area contributed by atoms with E-state index in [0.717, 1.165) is 10.4 Å². The number of rotatable bonds is 8. The molecule has 13 heteroatoms. The highest BCUT2D eigenvalue weighted by molar-refractivity contribution is 7.10. The van der Waals surface area contributed by atoms with Crippen LogP contribution in [0.3, 0.4) is 0 Å². The molecule has 4 N–H and O–H groups in total. The summed E-state index contributed by atoms with van der Waals surface area (Å²) in [5, 5.41) is 15.4. The maximum Gasteiger partial charge on any atom is 0.329 e. The summed E-state index contributed by atoms with van der Waals surface area (Å²) >= 11 is 1.32. The van der Waals surface area contributed by atoms with E-state index >= 15 is 0 Å². The van der Waals surface area contributed by atoms with Gasteiger partial charge < -0.3 is 20.4 Å². The second-order valence-electron chi connectivity index (χ2n) is 12.0. The van der Waals surface area contributed by atoms with Crippen LogP contribution in [0.15, 0.2) is 84.2 Å². The Morgan fingerprint density at radius 2 is 1.69 bits per heavy atom. The highest BCUT2D eigenvalue weighted by Gasteiger charge is 2.44. The summed E-state index contributed by atoms with van der Waals surface area (Å²) in [6.45, 7) is 2.87. The average molecular weight is 686 g/mol. The SMILES string of the molecule is CC(=O)ONC(=N)c1csc(C(C)NC(=O)[C@@H]2C[C@@H](c3ccccc3)CN2C(=O)CNC(=O)c2ccc3c(c2)-c2ccccc2C3(F)F)c1. The van der Waals surface area contributed by atoms with Crippen LogP contribution < -0.4 is 16.1 Å². The molecule has 1 saturated heterocycles.